The van der Waals surface area contributed by atoms with Crippen molar-refractivity contribution in [3.05, 3.63) is 53.1 Å². The van der Waals surface area contributed by atoms with Crippen molar-refractivity contribution in [1.82, 2.24) is 25.1 Å². The molecule has 4 rings (SSSR count). The Morgan fingerprint density at radius 2 is 1.87 bits per heavy atom. The minimum Gasteiger partial charge on any atom is -0.495 e. The summed E-state index contributed by atoms with van der Waals surface area (Å²) in [6.45, 7) is 0.262. The number of benzene rings is 2. The van der Waals surface area contributed by atoms with Crippen molar-refractivity contribution in [1.29, 1.82) is 0 Å². The Labute approximate surface area is 266 Å². The van der Waals surface area contributed by atoms with Gasteiger partial charge in [0.25, 0.3) is 17.7 Å². The van der Waals surface area contributed by atoms with Crippen LogP contribution in [0.4, 0.5) is 32.0 Å². The summed E-state index contributed by atoms with van der Waals surface area (Å²) in [5.41, 5.74) is -0.363. The van der Waals surface area contributed by atoms with Gasteiger partial charge in [0.05, 0.1) is 61.5 Å². The molecule has 0 aliphatic carbocycles. The number of carbonyl (C=O) groups is 2. The highest BCUT2D eigenvalue weighted by atomic mass is 19.4. The first-order valence-electron chi connectivity index (χ1n) is 14.4. The van der Waals surface area contributed by atoms with Gasteiger partial charge < -0.3 is 30.0 Å². The third-order valence-corrected chi connectivity index (χ3v) is 7.58. The molecular weight excluding hydrogens is 634 g/mol. The predicted octanol–water partition coefficient (Wildman–Crippen LogP) is 3.90. The Kier molecular flexibility index (Phi) is 10.9. The van der Waals surface area contributed by atoms with Crippen LogP contribution in [0.25, 0.3) is 11.0 Å². The zero-order valence-electron chi connectivity index (χ0n) is 26.0. The molecule has 2 atom stereocenters. The Morgan fingerprint density at radius 3 is 2.51 bits per heavy atom. The summed E-state index contributed by atoms with van der Waals surface area (Å²) in [6, 6.07) is 3.28. The molecule has 3 N–H and O–H groups in total. The smallest absolute Gasteiger partial charge is 0.406 e. The second-order valence-electron chi connectivity index (χ2n) is 11.1. The fraction of sp³-hybridized carbons (Fsp3) is 0.452. The average molecular weight is 669 g/mol. The van der Waals surface area contributed by atoms with E-state index in [1.807, 2.05) is 0 Å². The van der Waals surface area contributed by atoms with E-state index in [9.17, 15) is 27.2 Å². The van der Waals surface area contributed by atoms with E-state index in [1.165, 1.54) is 39.5 Å². The molecule has 254 valence electrons. The monoisotopic (exact) mass is 668 g/mol. The summed E-state index contributed by atoms with van der Waals surface area (Å²) in [7, 11) is 4.14. The summed E-state index contributed by atoms with van der Waals surface area (Å²) in [5.74, 6) is -0.743. The van der Waals surface area contributed by atoms with Crippen molar-refractivity contribution < 1.29 is 45.4 Å². The maximum Gasteiger partial charge on any atom is 0.406 e. The number of amides is 2. The lowest BCUT2D eigenvalue weighted by Crippen LogP contribution is -2.62. The SMILES string of the molecule is CNC(=O)c1cc(OC)c(NCC#Cc2cc(C(=O)N[C@H]3[C@H](C)CN(CCOC)CC3(F)F)c3ncn(CC(F)(F)F)c3c2)cc1F. The lowest BCUT2D eigenvalue weighted by atomic mass is 9.90. The van der Waals surface area contributed by atoms with Crippen LogP contribution < -0.4 is 20.7 Å². The molecule has 3 aromatic rings. The maximum atomic E-state index is 15.2. The average Bonchev–Trinajstić information content (AvgIpc) is 3.39. The number of halogens is 6. The molecule has 1 saturated heterocycles. The van der Waals surface area contributed by atoms with Crippen LogP contribution in [-0.2, 0) is 11.3 Å². The van der Waals surface area contributed by atoms with E-state index in [4.69, 9.17) is 9.47 Å². The van der Waals surface area contributed by atoms with Crippen LogP contribution in [0.2, 0.25) is 0 Å². The van der Waals surface area contributed by atoms with Crippen LogP contribution in [0.5, 0.6) is 5.75 Å². The first kappa shape index (κ1) is 35.4. The molecule has 16 heteroatoms. The maximum absolute atomic E-state index is 15.2. The van der Waals surface area contributed by atoms with E-state index in [2.05, 4.69) is 32.8 Å². The summed E-state index contributed by atoms with van der Waals surface area (Å²) in [4.78, 5) is 30.9. The lowest BCUT2D eigenvalue weighted by Gasteiger charge is -2.42. The van der Waals surface area contributed by atoms with Crippen molar-refractivity contribution in [2.45, 2.75) is 31.6 Å². The summed E-state index contributed by atoms with van der Waals surface area (Å²) in [6.07, 6.45) is -3.69. The number of piperidine rings is 1. The van der Waals surface area contributed by atoms with Crippen LogP contribution in [0.15, 0.2) is 30.6 Å². The third kappa shape index (κ3) is 8.46. The first-order chi connectivity index (χ1) is 22.2. The highest BCUT2D eigenvalue weighted by molar-refractivity contribution is 6.05. The number of nitrogens with zero attached hydrogens (tertiary/aromatic N) is 3. The molecule has 0 saturated carbocycles. The molecule has 1 fully saturated rings. The van der Waals surface area contributed by atoms with E-state index in [-0.39, 0.29) is 65.4 Å². The van der Waals surface area contributed by atoms with Gasteiger partial charge in [0.15, 0.2) is 0 Å². The molecule has 0 radical (unpaired) electrons. The number of carbonyl (C=O) groups excluding carboxylic acids is 2. The van der Waals surface area contributed by atoms with Crippen molar-refractivity contribution in [2.75, 3.05) is 59.4 Å². The first-order valence-corrected chi connectivity index (χ1v) is 14.4. The van der Waals surface area contributed by atoms with Crippen molar-refractivity contribution >= 4 is 28.5 Å². The van der Waals surface area contributed by atoms with E-state index in [1.54, 1.807) is 11.8 Å². The van der Waals surface area contributed by atoms with E-state index in [0.29, 0.717) is 0 Å². The zero-order chi connectivity index (χ0) is 34.5. The van der Waals surface area contributed by atoms with Gasteiger partial charge in [0.1, 0.15) is 23.6 Å². The predicted molar refractivity (Wildman–Crippen MR) is 161 cm³/mol. The van der Waals surface area contributed by atoms with Gasteiger partial charge in [-0.15, -0.1) is 0 Å². The number of hydrogen-bond donors (Lipinski definition) is 3. The molecule has 2 heterocycles. The second-order valence-corrected chi connectivity index (χ2v) is 11.1. The largest absolute Gasteiger partial charge is 0.495 e. The molecule has 0 spiro atoms. The molecular formula is C31H34F6N6O4. The van der Waals surface area contributed by atoms with Crippen molar-refractivity contribution in [3.63, 3.8) is 0 Å². The molecule has 1 aromatic heterocycles. The summed E-state index contributed by atoms with van der Waals surface area (Å²) < 4.78 is 96.0. The summed E-state index contributed by atoms with van der Waals surface area (Å²) >= 11 is 0. The van der Waals surface area contributed by atoms with Crippen LogP contribution in [0.3, 0.4) is 0 Å². The van der Waals surface area contributed by atoms with Gasteiger partial charge in [-0.25, -0.2) is 18.2 Å². The summed E-state index contributed by atoms with van der Waals surface area (Å²) in [5, 5.41) is 7.56. The Hall–Kier alpha value is -4.49. The van der Waals surface area contributed by atoms with Crippen LogP contribution in [-0.4, -0.2) is 98.5 Å². The number of anilines is 1. The highest BCUT2D eigenvalue weighted by Crippen LogP contribution is 2.32. The topological polar surface area (TPSA) is 110 Å². The van der Waals surface area contributed by atoms with Crippen LogP contribution in [0.1, 0.15) is 33.2 Å². The highest BCUT2D eigenvalue weighted by Gasteiger charge is 2.49. The number of rotatable bonds is 10. The quantitative estimate of drug-likeness (QED) is 0.222. The number of likely N-dealkylation sites (tertiary alicyclic amines) is 1. The van der Waals surface area contributed by atoms with E-state index < -0.39 is 54.8 Å². The Balaban J connectivity index is 1.62. The number of aromatic nitrogens is 2. The third-order valence-electron chi connectivity index (χ3n) is 7.58. The Bertz CT molecular complexity index is 1680. The van der Waals surface area contributed by atoms with Gasteiger partial charge in [0.2, 0.25) is 0 Å². The fourth-order valence-corrected chi connectivity index (χ4v) is 5.43. The van der Waals surface area contributed by atoms with Gasteiger partial charge in [-0.3, -0.25) is 14.5 Å². The minimum atomic E-state index is -4.61. The molecule has 47 heavy (non-hydrogen) atoms. The lowest BCUT2D eigenvalue weighted by molar-refractivity contribution is -0.140. The number of methoxy groups -OCH3 is 2. The number of alkyl halides is 5. The van der Waals surface area contributed by atoms with E-state index >= 15 is 8.78 Å². The molecule has 0 bridgehead atoms. The van der Waals surface area contributed by atoms with Gasteiger partial charge in [-0.2, -0.15) is 13.2 Å². The van der Waals surface area contributed by atoms with Gasteiger partial charge in [-0.1, -0.05) is 18.8 Å². The normalized spacial score (nSPS) is 17.9. The van der Waals surface area contributed by atoms with E-state index in [0.717, 1.165) is 17.0 Å². The van der Waals surface area contributed by atoms with Crippen LogP contribution >= 0.6 is 0 Å². The fourth-order valence-electron chi connectivity index (χ4n) is 5.43. The molecule has 10 nitrogen and oxygen atoms in total. The number of fused-ring (bicyclic) bond motifs is 1. The van der Waals surface area contributed by atoms with Crippen molar-refractivity contribution in [3.8, 4) is 17.6 Å². The van der Waals surface area contributed by atoms with Crippen LogP contribution in [0, 0.1) is 23.6 Å². The molecule has 1 aliphatic rings. The number of hydrogen-bond acceptors (Lipinski definition) is 7. The van der Waals surface area contributed by atoms with Gasteiger partial charge in [-0.05, 0) is 24.1 Å². The van der Waals surface area contributed by atoms with Crippen molar-refractivity contribution in [2.24, 2.45) is 5.92 Å². The minimum absolute atomic E-state index is 0.0741. The van der Waals surface area contributed by atoms with Gasteiger partial charge >= 0.3 is 6.18 Å². The Morgan fingerprint density at radius 1 is 1.13 bits per heavy atom. The van der Waals surface area contributed by atoms with Gasteiger partial charge in [0, 0.05) is 38.9 Å². The number of nitrogens with one attached hydrogen (secondary N) is 3. The standard InChI is InChI=1S/C31H34F6N6O4/c1-18-14-42(8-9-46-3)15-30(33,34)27(18)41-29(45)21-10-19(11-24-26(21)40-17-43(24)16-31(35,36)37)6-5-7-39-23-13-22(32)20(28(44)38-2)12-25(23)47-4/h10-13,17-18,27,39H,7-9,14-16H2,1-4H3,(H,38,44)(H,41,45)/t18-,27+/m1/s1. The molecule has 1 aliphatic heterocycles. The second kappa shape index (κ2) is 14.5. The molecule has 0 unspecified atom stereocenters. The number of imidazole rings is 1. The molecule has 2 aromatic carbocycles. The molecule has 2 amide bonds. The zero-order valence-corrected chi connectivity index (χ0v) is 26.0. The number of ether oxygens (including phenoxy) is 2.